The van der Waals surface area contributed by atoms with Gasteiger partial charge in [0.2, 0.25) is 11.8 Å². The predicted octanol–water partition coefficient (Wildman–Crippen LogP) is -0.260. The molecule has 2 aliphatic heterocycles. The van der Waals surface area contributed by atoms with Crippen molar-refractivity contribution in [3.63, 3.8) is 0 Å². The molecule has 0 saturated carbocycles. The number of benzene rings is 1. The van der Waals surface area contributed by atoms with Gasteiger partial charge in [0.25, 0.3) is 0 Å². The molecule has 0 radical (unpaired) electrons. The molecule has 0 spiro atoms. The molecule has 0 aliphatic carbocycles. The molecular formula is C18H25N3O4. The third-order valence-electron chi connectivity index (χ3n) is 4.96. The van der Waals surface area contributed by atoms with E-state index in [1.54, 1.807) is 12.0 Å². The van der Waals surface area contributed by atoms with Gasteiger partial charge >= 0.3 is 0 Å². The number of nitrogens with one attached hydrogen (secondary N) is 2. The number of likely N-dealkylation sites (tertiary alicyclic amines) is 1. The Kier molecular flexibility index (Phi) is 5.55. The minimum Gasteiger partial charge on any atom is -0.497 e. The number of amides is 2. The van der Waals surface area contributed by atoms with Crippen LogP contribution >= 0.6 is 0 Å². The Labute approximate surface area is 147 Å². The fraction of sp³-hybridized carbons (Fsp3) is 0.556. The number of hydrogen-bond acceptors (Lipinski definition) is 5. The van der Waals surface area contributed by atoms with E-state index in [0.717, 1.165) is 11.3 Å². The zero-order chi connectivity index (χ0) is 17.8. The molecule has 2 aliphatic rings. The van der Waals surface area contributed by atoms with Crippen LogP contribution in [0.5, 0.6) is 5.75 Å². The summed E-state index contributed by atoms with van der Waals surface area (Å²) in [5.41, 5.74) is 1.01. The summed E-state index contributed by atoms with van der Waals surface area (Å²) in [5.74, 6) is 0.384. The lowest BCUT2D eigenvalue weighted by atomic mass is 10.0. The molecule has 25 heavy (non-hydrogen) atoms. The number of rotatable bonds is 6. The highest BCUT2D eigenvalue weighted by Gasteiger charge is 2.35. The van der Waals surface area contributed by atoms with Crippen LogP contribution in [0, 0.1) is 11.8 Å². The van der Waals surface area contributed by atoms with E-state index in [1.807, 2.05) is 24.3 Å². The first-order chi connectivity index (χ1) is 12.1. The van der Waals surface area contributed by atoms with E-state index in [4.69, 9.17) is 4.74 Å². The number of β-amino-alcohol motifs (C(OH)–C–C–N with tert-alkyl or cyclic N) is 1. The van der Waals surface area contributed by atoms with Gasteiger partial charge in [0.1, 0.15) is 5.75 Å². The van der Waals surface area contributed by atoms with Crippen molar-refractivity contribution in [2.45, 2.75) is 19.1 Å². The number of carbonyl (C=O) groups is 2. The standard InChI is InChI=1S/C18H25N3O4/c1-25-15-4-2-12(3-5-15)10-21-11-13(6-17(21)23)18(24)20-8-14-7-19-9-16(14)22/h2-5,13-14,16,19,22H,6-11H2,1H3,(H,20,24). The predicted molar refractivity (Wildman–Crippen MR) is 91.9 cm³/mol. The summed E-state index contributed by atoms with van der Waals surface area (Å²) in [6, 6.07) is 7.57. The number of methoxy groups -OCH3 is 1. The van der Waals surface area contributed by atoms with Crippen molar-refractivity contribution in [2.24, 2.45) is 11.8 Å². The lowest BCUT2D eigenvalue weighted by molar-refractivity contribution is -0.129. The van der Waals surface area contributed by atoms with Crippen molar-refractivity contribution >= 4 is 11.8 Å². The third kappa shape index (κ3) is 4.29. The van der Waals surface area contributed by atoms with Crippen molar-refractivity contribution < 1.29 is 19.4 Å². The van der Waals surface area contributed by atoms with Crippen LogP contribution in [0.25, 0.3) is 0 Å². The van der Waals surface area contributed by atoms with Gasteiger partial charge in [-0.1, -0.05) is 12.1 Å². The van der Waals surface area contributed by atoms with Crippen LogP contribution in [-0.2, 0) is 16.1 Å². The van der Waals surface area contributed by atoms with Crippen LogP contribution < -0.4 is 15.4 Å². The van der Waals surface area contributed by atoms with E-state index in [1.165, 1.54) is 0 Å². The van der Waals surface area contributed by atoms with Gasteiger partial charge in [0.15, 0.2) is 0 Å². The van der Waals surface area contributed by atoms with Crippen LogP contribution in [0.1, 0.15) is 12.0 Å². The Morgan fingerprint density at radius 3 is 2.76 bits per heavy atom. The first kappa shape index (κ1) is 17.7. The summed E-state index contributed by atoms with van der Waals surface area (Å²) >= 11 is 0. The van der Waals surface area contributed by atoms with Gasteiger partial charge in [-0.25, -0.2) is 0 Å². The number of ether oxygens (including phenoxy) is 1. The van der Waals surface area contributed by atoms with E-state index in [-0.39, 0.29) is 30.1 Å². The van der Waals surface area contributed by atoms with Crippen LogP contribution in [0.4, 0.5) is 0 Å². The largest absolute Gasteiger partial charge is 0.497 e. The Morgan fingerprint density at radius 2 is 2.12 bits per heavy atom. The van der Waals surface area contributed by atoms with Crippen molar-refractivity contribution in [3.05, 3.63) is 29.8 Å². The zero-order valence-corrected chi connectivity index (χ0v) is 14.4. The Balaban J connectivity index is 1.49. The Bertz CT molecular complexity index is 619. The van der Waals surface area contributed by atoms with Crippen LogP contribution in [-0.4, -0.2) is 61.2 Å². The smallest absolute Gasteiger partial charge is 0.225 e. The molecule has 2 amide bonds. The van der Waals surface area contributed by atoms with Gasteiger partial charge in [0, 0.05) is 45.1 Å². The quantitative estimate of drug-likeness (QED) is 0.660. The van der Waals surface area contributed by atoms with Gasteiger partial charge in [-0.05, 0) is 17.7 Å². The van der Waals surface area contributed by atoms with E-state index in [2.05, 4.69) is 10.6 Å². The summed E-state index contributed by atoms with van der Waals surface area (Å²) in [4.78, 5) is 26.2. The first-order valence-corrected chi connectivity index (χ1v) is 8.64. The Hall–Kier alpha value is -2.12. The van der Waals surface area contributed by atoms with Gasteiger partial charge in [0.05, 0.1) is 19.1 Å². The molecule has 1 aromatic carbocycles. The Morgan fingerprint density at radius 1 is 1.36 bits per heavy atom. The van der Waals surface area contributed by atoms with Crippen LogP contribution in [0.2, 0.25) is 0 Å². The molecule has 1 aromatic rings. The zero-order valence-electron chi connectivity index (χ0n) is 14.4. The highest BCUT2D eigenvalue weighted by Crippen LogP contribution is 2.21. The normalized spacial score (nSPS) is 26.1. The number of hydrogen-bond donors (Lipinski definition) is 3. The van der Waals surface area contributed by atoms with Crippen molar-refractivity contribution in [1.82, 2.24) is 15.5 Å². The number of carbonyl (C=O) groups excluding carboxylic acids is 2. The molecule has 3 N–H and O–H groups in total. The first-order valence-electron chi connectivity index (χ1n) is 8.64. The summed E-state index contributed by atoms with van der Waals surface area (Å²) < 4.78 is 5.13. The SMILES string of the molecule is COc1ccc(CN2CC(C(=O)NCC3CNCC3O)CC2=O)cc1. The van der Waals surface area contributed by atoms with E-state index in [0.29, 0.717) is 32.7 Å². The summed E-state index contributed by atoms with van der Waals surface area (Å²) in [6.45, 7) is 2.64. The lowest BCUT2D eigenvalue weighted by Gasteiger charge is -2.18. The molecule has 2 heterocycles. The maximum atomic E-state index is 12.3. The molecule has 7 heteroatoms. The molecule has 3 rings (SSSR count). The average molecular weight is 347 g/mol. The lowest BCUT2D eigenvalue weighted by Crippen LogP contribution is -2.38. The molecular weight excluding hydrogens is 322 g/mol. The van der Waals surface area contributed by atoms with Gasteiger partial charge in [-0.15, -0.1) is 0 Å². The van der Waals surface area contributed by atoms with Crippen LogP contribution in [0.15, 0.2) is 24.3 Å². The van der Waals surface area contributed by atoms with Crippen molar-refractivity contribution in [3.8, 4) is 5.75 Å². The monoisotopic (exact) mass is 347 g/mol. The van der Waals surface area contributed by atoms with Gasteiger partial charge in [-0.3, -0.25) is 9.59 Å². The molecule has 0 bridgehead atoms. The highest BCUT2D eigenvalue weighted by molar-refractivity contribution is 5.89. The molecule has 0 aromatic heterocycles. The van der Waals surface area contributed by atoms with Gasteiger partial charge in [-0.2, -0.15) is 0 Å². The molecule has 3 atom stereocenters. The molecule has 7 nitrogen and oxygen atoms in total. The third-order valence-corrected chi connectivity index (χ3v) is 4.96. The van der Waals surface area contributed by atoms with E-state index in [9.17, 15) is 14.7 Å². The van der Waals surface area contributed by atoms with E-state index >= 15 is 0 Å². The van der Waals surface area contributed by atoms with Crippen LogP contribution in [0.3, 0.4) is 0 Å². The molecule has 136 valence electrons. The average Bonchev–Trinajstić information content (AvgIpc) is 3.19. The fourth-order valence-electron chi connectivity index (χ4n) is 3.36. The minimum absolute atomic E-state index is 0.00136. The second-order valence-electron chi connectivity index (χ2n) is 6.75. The van der Waals surface area contributed by atoms with Gasteiger partial charge < -0.3 is 25.4 Å². The minimum atomic E-state index is -0.419. The second kappa shape index (κ2) is 7.84. The molecule has 3 unspecified atom stereocenters. The maximum absolute atomic E-state index is 12.3. The molecule has 2 fully saturated rings. The topological polar surface area (TPSA) is 90.9 Å². The number of aliphatic hydroxyl groups excluding tert-OH is 1. The second-order valence-corrected chi connectivity index (χ2v) is 6.75. The highest BCUT2D eigenvalue weighted by atomic mass is 16.5. The summed E-state index contributed by atoms with van der Waals surface area (Å²) in [7, 11) is 1.61. The summed E-state index contributed by atoms with van der Waals surface area (Å²) in [5, 5.41) is 15.7. The fourth-order valence-corrected chi connectivity index (χ4v) is 3.36. The van der Waals surface area contributed by atoms with E-state index < -0.39 is 6.10 Å². The van der Waals surface area contributed by atoms with Crippen molar-refractivity contribution in [1.29, 1.82) is 0 Å². The number of aliphatic hydroxyl groups is 1. The molecule has 2 saturated heterocycles. The number of nitrogens with zero attached hydrogens (tertiary/aromatic N) is 1. The maximum Gasteiger partial charge on any atom is 0.225 e. The summed E-state index contributed by atoms with van der Waals surface area (Å²) in [6.07, 6.45) is -0.176. The van der Waals surface area contributed by atoms with Crippen molar-refractivity contribution in [2.75, 3.05) is 33.3 Å².